The van der Waals surface area contributed by atoms with Gasteiger partial charge in [-0.05, 0) is 30.9 Å². The minimum Gasteiger partial charge on any atom is -0.353 e. The zero-order valence-corrected chi connectivity index (χ0v) is 10.8. The summed E-state index contributed by atoms with van der Waals surface area (Å²) in [6.07, 6.45) is 4.43. The molecule has 3 heteroatoms. The van der Waals surface area contributed by atoms with Gasteiger partial charge in [0, 0.05) is 30.7 Å². The first-order valence-electron chi connectivity index (χ1n) is 5.74. The predicted octanol–water partition coefficient (Wildman–Crippen LogP) is 2.91. The van der Waals surface area contributed by atoms with Crippen molar-refractivity contribution < 1.29 is 0 Å². The minimum absolute atomic E-state index is 0.468. The number of hydrogen-bond donors (Lipinski definition) is 1. The fourth-order valence-corrected chi connectivity index (χ4v) is 2.22. The van der Waals surface area contributed by atoms with E-state index in [-0.39, 0.29) is 0 Å². The van der Waals surface area contributed by atoms with Crippen LogP contribution in [0.15, 0.2) is 18.5 Å². The normalized spacial score (nSPS) is 13.0. The first kappa shape index (κ1) is 12.7. The largest absolute Gasteiger partial charge is 0.353 e. The third-order valence-corrected chi connectivity index (χ3v) is 3.36. The molecule has 1 aromatic rings. The van der Waals surface area contributed by atoms with Crippen LogP contribution >= 0.6 is 11.8 Å². The van der Waals surface area contributed by atoms with Gasteiger partial charge in [0.05, 0.1) is 0 Å². The Morgan fingerprint density at radius 1 is 1.47 bits per heavy atom. The third kappa shape index (κ3) is 4.31. The second kappa shape index (κ2) is 6.96. The quantitative estimate of drug-likeness (QED) is 0.720. The Labute approximate surface area is 97.4 Å². The SMILES string of the molecule is CCNC(C)c1ccn(CCSCC)c1. The fraction of sp³-hybridized carbons (Fsp3) is 0.667. The number of nitrogens with one attached hydrogen (secondary N) is 1. The molecule has 0 saturated carbocycles. The van der Waals surface area contributed by atoms with Gasteiger partial charge in [0.1, 0.15) is 0 Å². The number of aromatic nitrogens is 1. The lowest BCUT2D eigenvalue weighted by Crippen LogP contribution is -2.17. The van der Waals surface area contributed by atoms with E-state index in [1.54, 1.807) is 0 Å². The van der Waals surface area contributed by atoms with Crippen LogP contribution in [0, 0.1) is 0 Å². The van der Waals surface area contributed by atoms with Crippen molar-refractivity contribution in [2.24, 2.45) is 0 Å². The molecule has 2 nitrogen and oxygen atoms in total. The maximum atomic E-state index is 3.42. The number of hydrogen-bond acceptors (Lipinski definition) is 2. The van der Waals surface area contributed by atoms with E-state index < -0.39 is 0 Å². The molecule has 0 aromatic carbocycles. The summed E-state index contributed by atoms with van der Waals surface area (Å²) in [7, 11) is 0. The van der Waals surface area contributed by atoms with Crippen LogP contribution in [0.25, 0.3) is 0 Å². The van der Waals surface area contributed by atoms with Crippen molar-refractivity contribution in [2.75, 3.05) is 18.1 Å². The van der Waals surface area contributed by atoms with Crippen molar-refractivity contribution in [2.45, 2.75) is 33.4 Å². The van der Waals surface area contributed by atoms with E-state index in [0.717, 1.165) is 13.1 Å². The molecular formula is C12H22N2S. The van der Waals surface area contributed by atoms with E-state index in [4.69, 9.17) is 0 Å². The lowest BCUT2D eigenvalue weighted by atomic mass is 10.2. The summed E-state index contributed by atoms with van der Waals surface area (Å²) >= 11 is 1.99. The van der Waals surface area contributed by atoms with Crippen LogP contribution in [-0.4, -0.2) is 22.6 Å². The van der Waals surface area contributed by atoms with Gasteiger partial charge in [-0.3, -0.25) is 0 Å². The molecule has 0 radical (unpaired) electrons. The van der Waals surface area contributed by atoms with Crippen LogP contribution in [0.2, 0.25) is 0 Å². The molecule has 0 saturated heterocycles. The Kier molecular flexibility index (Phi) is 5.88. The van der Waals surface area contributed by atoms with E-state index in [1.165, 1.54) is 17.1 Å². The van der Waals surface area contributed by atoms with Gasteiger partial charge >= 0.3 is 0 Å². The first-order valence-corrected chi connectivity index (χ1v) is 6.90. The summed E-state index contributed by atoms with van der Waals surface area (Å²) in [6.45, 7) is 8.71. The molecule has 1 rings (SSSR count). The van der Waals surface area contributed by atoms with Gasteiger partial charge in [0.25, 0.3) is 0 Å². The third-order valence-electron chi connectivity index (χ3n) is 2.48. The van der Waals surface area contributed by atoms with Crippen molar-refractivity contribution in [3.05, 3.63) is 24.0 Å². The summed E-state index contributed by atoms with van der Waals surface area (Å²) in [4.78, 5) is 0. The molecule has 0 spiro atoms. The Morgan fingerprint density at radius 2 is 2.27 bits per heavy atom. The summed E-state index contributed by atoms with van der Waals surface area (Å²) < 4.78 is 2.28. The second-order valence-electron chi connectivity index (χ2n) is 3.66. The van der Waals surface area contributed by atoms with Gasteiger partial charge in [-0.1, -0.05) is 13.8 Å². The Balaban J connectivity index is 2.41. The molecule has 0 aliphatic rings. The van der Waals surface area contributed by atoms with Gasteiger partial charge in [0.15, 0.2) is 0 Å². The van der Waals surface area contributed by atoms with Crippen molar-refractivity contribution >= 4 is 11.8 Å². The predicted molar refractivity (Wildman–Crippen MR) is 69.5 cm³/mol. The maximum absolute atomic E-state index is 3.42. The van der Waals surface area contributed by atoms with Gasteiger partial charge in [-0.25, -0.2) is 0 Å². The van der Waals surface area contributed by atoms with Crippen LogP contribution in [0.5, 0.6) is 0 Å². The lowest BCUT2D eigenvalue weighted by molar-refractivity contribution is 0.596. The monoisotopic (exact) mass is 226 g/mol. The van der Waals surface area contributed by atoms with Crippen molar-refractivity contribution in [3.63, 3.8) is 0 Å². The number of nitrogens with zero attached hydrogens (tertiary/aromatic N) is 1. The summed E-state index contributed by atoms with van der Waals surface area (Å²) in [5.41, 5.74) is 1.39. The molecule has 0 aliphatic carbocycles. The highest BCUT2D eigenvalue weighted by atomic mass is 32.2. The van der Waals surface area contributed by atoms with E-state index in [2.05, 4.69) is 49.1 Å². The smallest absolute Gasteiger partial charge is 0.0310 e. The fourth-order valence-electron chi connectivity index (χ4n) is 1.59. The Morgan fingerprint density at radius 3 is 2.93 bits per heavy atom. The zero-order valence-electron chi connectivity index (χ0n) is 9.99. The Hall–Kier alpha value is -0.410. The van der Waals surface area contributed by atoms with Crippen LogP contribution in [0.4, 0.5) is 0 Å². The van der Waals surface area contributed by atoms with Crippen molar-refractivity contribution in [1.29, 1.82) is 0 Å². The van der Waals surface area contributed by atoms with Crippen LogP contribution in [0.3, 0.4) is 0 Å². The molecule has 15 heavy (non-hydrogen) atoms. The highest BCUT2D eigenvalue weighted by Crippen LogP contribution is 2.12. The molecule has 0 bridgehead atoms. The summed E-state index contributed by atoms with van der Waals surface area (Å²) in [5, 5.41) is 3.42. The molecule has 1 heterocycles. The highest BCUT2D eigenvalue weighted by molar-refractivity contribution is 7.99. The van der Waals surface area contributed by atoms with Gasteiger partial charge in [-0.2, -0.15) is 11.8 Å². The number of thioether (sulfide) groups is 1. The summed E-state index contributed by atoms with van der Waals surface area (Å²) in [6, 6.07) is 2.68. The lowest BCUT2D eigenvalue weighted by Gasteiger charge is -2.09. The molecule has 1 N–H and O–H groups in total. The molecule has 1 aromatic heterocycles. The topological polar surface area (TPSA) is 17.0 Å². The molecule has 1 unspecified atom stereocenters. The summed E-state index contributed by atoms with van der Waals surface area (Å²) in [5.74, 6) is 2.42. The number of aryl methyl sites for hydroxylation is 1. The zero-order chi connectivity index (χ0) is 11.1. The van der Waals surface area contributed by atoms with E-state index >= 15 is 0 Å². The van der Waals surface area contributed by atoms with Gasteiger partial charge < -0.3 is 9.88 Å². The standard InChI is InChI=1S/C12H22N2S/c1-4-13-11(3)12-6-7-14(10-12)8-9-15-5-2/h6-7,10-11,13H,4-5,8-9H2,1-3H3. The van der Waals surface area contributed by atoms with Crippen molar-refractivity contribution in [3.8, 4) is 0 Å². The van der Waals surface area contributed by atoms with Crippen LogP contribution < -0.4 is 5.32 Å². The van der Waals surface area contributed by atoms with E-state index in [1.807, 2.05) is 11.8 Å². The van der Waals surface area contributed by atoms with E-state index in [9.17, 15) is 0 Å². The first-order chi connectivity index (χ1) is 7.27. The average Bonchev–Trinajstić information content (AvgIpc) is 2.67. The molecule has 0 fully saturated rings. The second-order valence-corrected chi connectivity index (χ2v) is 5.05. The van der Waals surface area contributed by atoms with Gasteiger partial charge in [0.2, 0.25) is 0 Å². The average molecular weight is 226 g/mol. The Bertz CT molecular complexity index is 270. The molecule has 0 amide bonds. The molecular weight excluding hydrogens is 204 g/mol. The maximum Gasteiger partial charge on any atom is 0.0310 e. The number of rotatable bonds is 7. The highest BCUT2D eigenvalue weighted by Gasteiger charge is 2.04. The molecule has 86 valence electrons. The van der Waals surface area contributed by atoms with Crippen LogP contribution in [0.1, 0.15) is 32.4 Å². The van der Waals surface area contributed by atoms with Gasteiger partial charge in [-0.15, -0.1) is 0 Å². The van der Waals surface area contributed by atoms with Crippen molar-refractivity contribution in [1.82, 2.24) is 9.88 Å². The van der Waals surface area contributed by atoms with Crippen LogP contribution in [-0.2, 0) is 6.54 Å². The molecule has 0 aliphatic heterocycles. The minimum atomic E-state index is 0.468. The molecule has 1 atom stereocenters. The van der Waals surface area contributed by atoms with E-state index in [0.29, 0.717) is 6.04 Å².